The Morgan fingerprint density at radius 3 is 2.20 bits per heavy atom. The largest absolute Gasteiger partial charge is 0.369 e. The van der Waals surface area contributed by atoms with E-state index < -0.39 is 0 Å². The van der Waals surface area contributed by atoms with Crippen molar-refractivity contribution >= 4 is 17.0 Å². The van der Waals surface area contributed by atoms with Crippen LogP contribution in [-0.2, 0) is 6.54 Å². The first-order valence-electron chi connectivity index (χ1n) is 7.30. The highest BCUT2D eigenvalue weighted by atomic mass is 32.1. The first-order chi connectivity index (χ1) is 9.70. The van der Waals surface area contributed by atoms with Gasteiger partial charge in [-0.1, -0.05) is 17.7 Å². The number of benzene rings is 1. The van der Waals surface area contributed by atoms with Gasteiger partial charge in [-0.15, -0.1) is 11.3 Å². The maximum atomic E-state index is 2.57. The molecule has 0 spiro atoms. The van der Waals surface area contributed by atoms with Gasteiger partial charge in [0.2, 0.25) is 0 Å². The monoisotopic (exact) mass is 286 g/mol. The fourth-order valence-electron chi connectivity index (χ4n) is 2.71. The zero-order chi connectivity index (χ0) is 13.9. The van der Waals surface area contributed by atoms with Gasteiger partial charge in [0.25, 0.3) is 0 Å². The summed E-state index contributed by atoms with van der Waals surface area (Å²) in [6, 6.07) is 13.4. The molecule has 0 radical (unpaired) electrons. The van der Waals surface area contributed by atoms with Crippen molar-refractivity contribution in [3.05, 3.63) is 51.7 Å². The van der Waals surface area contributed by atoms with E-state index in [1.54, 1.807) is 0 Å². The molecule has 0 bridgehead atoms. The topological polar surface area (TPSA) is 6.48 Å². The van der Waals surface area contributed by atoms with Crippen molar-refractivity contribution in [3.63, 3.8) is 0 Å². The van der Waals surface area contributed by atoms with Crippen LogP contribution in [0.2, 0.25) is 0 Å². The van der Waals surface area contributed by atoms with Gasteiger partial charge >= 0.3 is 0 Å². The number of hydrogen-bond acceptors (Lipinski definition) is 3. The average Bonchev–Trinajstić information content (AvgIpc) is 2.86. The third kappa shape index (κ3) is 3.22. The Labute approximate surface area is 125 Å². The number of thiophene rings is 1. The van der Waals surface area contributed by atoms with Gasteiger partial charge in [0, 0.05) is 48.2 Å². The Hall–Kier alpha value is -1.32. The molecule has 1 aromatic heterocycles. The van der Waals surface area contributed by atoms with E-state index in [0.717, 1.165) is 32.7 Å². The summed E-state index contributed by atoms with van der Waals surface area (Å²) in [5.74, 6) is 0. The van der Waals surface area contributed by atoms with E-state index >= 15 is 0 Å². The van der Waals surface area contributed by atoms with E-state index in [9.17, 15) is 0 Å². The van der Waals surface area contributed by atoms with Gasteiger partial charge in [-0.2, -0.15) is 0 Å². The Balaban J connectivity index is 1.55. The van der Waals surface area contributed by atoms with Gasteiger partial charge in [-0.25, -0.2) is 0 Å². The molecule has 0 N–H and O–H groups in total. The lowest BCUT2D eigenvalue weighted by atomic mass is 10.2. The minimum absolute atomic E-state index is 1.11. The molecule has 0 amide bonds. The normalized spacial score (nSPS) is 16.6. The molecule has 20 heavy (non-hydrogen) atoms. The van der Waals surface area contributed by atoms with Gasteiger partial charge in [-0.05, 0) is 38.1 Å². The summed E-state index contributed by atoms with van der Waals surface area (Å²) in [4.78, 5) is 7.97. The zero-order valence-electron chi connectivity index (χ0n) is 12.3. The second-order valence-electron chi connectivity index (χ2n) is 5.61. The molecule has 1 fully saturated rings. The lowest BCUT2D eigenvalue weighted by Gasteiger charge is -2.36. The SMILES string of the molecule is Cc1ccc(N2CCN(Cc3ccc(C)s3)CC2)cc1. The standard InChI is InChI=1S/C17H22N2S/c1-14-3-6-16(7-4-14)19-11-9-18(10-12-19)13-17-8-5-15(2)20-17/h3-8H,9-13H2,1-2H3. The summed E-state index contributed by atoms with van der Waals surface area (Å²) in [5, 5.41) is 0. The minimum Gasteiger partial charge on any atom is -0.369 e. The van der Waals surface area contributed by atoms with Crippen LogP contribution in [0.25, 0.3) is 0 Å². The second-order valence-corrected chi connectivity index (χ2v) is 6.98. The molecule has 0 saturated carbocycles. The first-order valence-corrected chi connectivity index (χ1v) is 8.12. The lowest BCUT2D eigenvalue weighted by molar-refractivity contribution is 0.252. The Morgan fingerprint density at radius 1 is 0.900 bits per heavy atom. The van der Waals surface area contributed by atoms with Gasteiger partial charge < -0.3 is 4.90 Å². The summed E-state index contributed by atoms with van der Waals surface area (Å²) in [5.41, 5.74) is 2.70. The van der Waals surface area contributed by atoms with Gasteiger partial charge in [0.1, 0.15) is 0 Å². The van der Waals surface area contributed by atoms with Crippen molar-refractivity contribution in [1.29, 1.82) is 0 Å². The van der Waals surface area contributed by atoms with Crippen LogP contribution >= 0.6 is 11.3 Å². The number of piperazine rings is 1. The van der Waals surface area contributed by atoms with Crippen LogP contribution in [0.5, 0.6) is 0 Å². The van der Waals surface area contributed by atoms with Crippen LogP contribution in [0, 0.1) is 13.8 Å². The molecule has 2 nitrogen and oxygen atoms in total. The summed E-state index contributed by atoms with van der Waals surface area (Å²) < 4.78 is 0. The predicted octanol–water partition coefficient (Wildman–Crippen LogP) is 3.69. The second kappa shape index (κ2) is 5.98. The van der Waals surface area contributed by atoms with E-state index in [4.69, 9.17) is 0 Å². The smallest absolute Gasteiger partial charge is 0.0367 e. The van der Waals surface area contributed by atoms with E-state index in [2.05, 4.69) is 60.0 Å². The van der Waals surface area contributed by atoms with Crippen molar-refractivity contribution in [2.75, 3.05) is 31.1 Å². The fraction of sp³-hybridized carbons (Fsp3) is 0.412. The first kappa shape index (κ1) is 13.7. The molecule has 2 aromatic rings. The molecular weight excluding hydrogens is 264 g/mol. The molecular formula is C17H22N2S. The molecule has 1 aliphatic rings. The van der Waals surface area contributed by atoms with Gasteiger partial charge in [-0.3, -0.25) is 4.90 Å². The number of nitrogens with zero attached hydrogens (tertiary/aromatic N) is 2. The molecule has 0 unspecified atom stereocenters. The predicted molar refractivity (Wildman–Crippen MR) is 87.7 cm³/mol. The highest BCUT2D eigenvalue weighted by Crippen LogP contribution is 2.20. The van der Waals surface area contributed by atoms with Gasteiger partial charge in [0.15, 0.2) is 0 Å². The minimum atomic E-state index is 1.11. The van der Waals surface area contributed by atoms with E-state index in [1.807, 2.05) is 11.3 Å². The number of hydrogen-bond donors (Lipinski definition) is 0. The van der Waals surface area contributed by atoms with E-state index in [0.29, 0.717) is 0 Å². The van der Waals surface area contributed by atoms with Crippen molar-refractivity contribution < 1.29 is 0 Å². The van der Waals surface area contributed by atoms with E-state index in [-0.39, 0.29) is 0 Å². The highest BCUT2D eigenvalue weighted by Gasteiger charge is 2.17. The fourth-order valence-corrected chi connectivity index (χ4v) is 3.64. The Kier molecular flexibility index (Phi) is 4.08. The molecule has 0 aliphatic carbocycles. The van der Waals surface area contributed by atoms with Crippen LogP contribution < -0.4 is 4.90 Å². The molecule has 3 rings (SSSR count). The van der Waals surface area contributed by atoms with Gasteiger partial charge in [0.05, 0.1) is 0 Å². The van der Waals surface area contributed by atoms with Crippen LogP contribution in [0.4, 0.5) is 5.69 Å². The van der Waals surface area contributed by atoms with Crippen molar-refractivity contribution in [1.82, 2.24) is 4.90 Å². The summed E-state index contributed by atoms with van der Waals surface area (Å²) in [7, 11) is 0. The van der Waals surface area contributed by atoms with Crippen LogP contribution in [0.15, 0.2) is 36.4 Å². The molecule has 3 heteroatoms. The molecule has 1 aromatic carbocycles. The number of aryl methyl sites for hydroxylation is 2. The maximum absolute atomic E-state index is 2.57. The molecule has 0 atom stereocenters. The maximum Gasteiger partial charge on any atom is 0.0367 e. The quantitative estimate of drug-likeness (QED) is 0.849. The highest BCUT2D eigenvalue weighted by molar-refractivity contribution is 7.11. The summed E-state index contributed by atoms with van der Waals surface area (Å²) in [6.45, 7) is 10.0. The van der Waals surface area contributed by atoms with Crippen LogP contribution in [0.3, 0.4) is 0 Å². The molecule has 106 valence electrons. The Bertz CT molecular complexity index is 551. The lowest BCUT2D eigenvalue weighted by Crippen LogP contribution is -2.45. The van der Waals surface area contributed by atoms with Crippen LogP contribution in [-0.4, -0.2) is 31.1 Å². The zero-order valence-corrected chi connectivity index (χ0v) is 13.1. The van der Waals surface area contributed by atoms with E-state index in [1.165, 1.54) is 21.0 Å². The molecule has 1 saturated heterocycles. The third-order valence-electron chi connectivity index (χ3n) is 3.95. The summed E-state index contributed by atoms with van der Waals surface area (Å²) in [6.07, 6.45) is 0. The van der Waals surface area contributed by atoms with Crippen LogP contribution in [0.1, 0.15) is 15.3 Å². The molecule has 1 aliphatic heterocycles. The molecule has 2 heterocycles. The van der Waals surface area contributed by atoms with Crippen molar-refractivity contribution in [2.45, 2.75) is 20.4 Å². The summed E-state index contributed by atoms with van der Waals surface area (Å²) >= 11 is 1.92. The Morgan fingerprint density at radius 2 is 1.60 bits per heavy atom. The third-order valence-corrected chi connectivity index (χ3v) is 4.93. The van der Waals surface area contributed by atoms with Crippen molar-refractivity contribution in [3.8, 4) is 0 Å². The number of rotatable bonds is 3. The number of anilines is 1. The average molecular weight is 286 g/mol. The van der Waals surface area contributed by atoms with Crippen molar-refractivity contribution in [2.24, 2.45) is 0 Å².